The van der Waals surface area contributed by atoms with Crippen LogP contribution in [-0.2, 0) is 16.9 Å². The van der Waals surface area contributed by atoms with E-state index in [0.29, 0.717) is 11.5 Å². The molecule has 0 radical (unpaired) electrons. The molecule has 136 valence electrons. The topological polar surface area (TPSA) is 128 Å². The minimum Gasteiger partial charge on any atom is -0.463 e. The first-order valence-corrected chi connectivity index (χ1v) is 7.78. The molecule has 3 heterocycles. The average Bonchev–Trinajstić information content (AvgIpc) is 3.10. The number of imide groups is 1. The number of pyridine rings is 1. The van der Waals surface area contributed by atoms with Crippen molar-refractivity contribution in [3.63, 3.8) is 0 Å². The van der Waals surface area contributed by atoms with Gasteiger partial charge in [0, 0.05) is 25.2 Å². The van der Waals surface area contributed by atoms with Crippen LogP contribution in [0.5, 0.6) is 0 Å². The lowest BCUT2D eigenvalue weighted by atomic mass is 9.99. The Morgan fingerprint density at radius 2 is 1.92 bits per heavy atom. The third-order valence-electron chi connectivity index (χ3n) is 4.25. The van der Waals surface area contributed by atoms with Crippen molar-refractivity contribution in [2.24, 2.45) is 0 Å². The largest absolute Gasteiger partial charge is 0.463 e. The number of aryl methyl sites for hydroxylation is 1. The number of furan rings is 1. The molecule has 10 nitrogen and oxygen atoms in total. The fourth-order valence-corrected chi connectivity index (χ4v) is 2.78. The molecule has 26 heavy (non-hydrogen) atoms. The maximum absolute atomic E-state index is 12.7. The number of amides is 3. The SMILES string of the molecule is Cc1ccc([C@@]2(C)NC(=O)N(CCn3cc([N+](=O)[O-])ccc3=O)C2=O)o1. The predicted octanol–water partition coefficient (Wildman–Crippen LogP) is 1.13. The second kappa shape index (κ2) is 6.14. The van der Waals surface area contributed by atoms with Crippen molar-refractivity contribution in [1.29, 1.82) is 0 Å². The molecule has 1 fully saturated rings. The Morgan fingerprint density at radius 1 is 1.19 bits per heavy atom. The lowest BCUT2D eigenvalue weighted by Gasteiger charge is -2.19. The maximum atomic E-state index is 12.7. The van der Waals surface area contributed by atoms with Crippen molar-refractivity contribution in [3.05, 3.63) is 62.5 Å². The summed E-state index contributed by atoms with van der Waals surface area (Å²) in [4.78, 5) is 47.9. The quantitative estimate of drug-likeness (QED) is 0.483. The van der Waals surface area contributed by atoms with Gasteiger partial charge in [-0.25, -0.2) is 4.79 Å². The Kier molecular flexibility index (Phi) is 4.10. The normalized spacial score (nSPS) is 19.7. The Balaban J connectivity index is 1.80. The molecule has 0 bridgehead atoms. The highest BCUT2D eigenvalue weighted by Gasteiger charge is 2.50. The molecule has 3 rings (SSSR count). The summed E-state index contributed by atoms with van der Waals surface area (Å²) in [5.41, 5.74) is -2.05. The first-order chi connectivity index (χ1) is 12.2. The minimum absolute atomic E-state index is 0.0626. The molecule has 1 saturated heterocycles. The van der Waals surface area contributed by atoms with Crippen LogP contribution >= 0.6 is 0 Å². The molecular weight excluding hydrogens is 344 g/mol. The number of hydrogen-bond donors (Lipinski definition) is 1. The predicted molar refractivity (Wildman–Crippen MR) is 88.4 cm³/mol. The van der Waals surface area contributed by atoms with E-state index < -0.39 is 28.0 Å². The van der Waals surface area contributed by atoms with E-state index in [4.69, 9.17) is 4.42 Å². The van der Waals surface area contributed by atoms with Crippen molar-refractivity contribution < 1.29 is 18.9 Å². The first-order valence-electron chi connectivity index (χ1n) is 7.78. The van der Waals surface area contributed by atoms with Crippen LogP contribution < -0.4 is 10.9 Å². The molecule has 2 aromatic heterocycles. The molecule has 3 amide bonds. The van der Waals surface area contributed by atoms with E-state index in [1.54, 1.807) is 19.1 Å². The van der Waals surface area contributed by atoms with Crippen LogP contribution in [0.3, 0.4) is 0 Å². The molecule has 1 aliphatic heterocycles. The van der Waals surface area contributed by atoms with Crippen molar-refractivity contribution in [2.45, 2.75) is 25.9 Å². The zero-order valence-corrected chi connectivity index (χ0v) is 14.1. The summed E-state index contributed by atoms with van der Waals surface area (Å²) in [7, 11) is 0. The molecule has 0 saturated carbocycles. The van der Waals surface area contributed by atoms with Gasteiger partial charge in [0.2, 0.25) is 0 Å². The fraction of sp³-hybridized carbons (Fsp3) is 0.312. The van der Waals surface area contributed by atoms with Gasteiger partial charge in [-0.15, -0.1) is 0 Å². The van der Waals surface area contributed by atoms with Gasteiger partial charge in [0.05, 0.1) is 11.1 Å². The molecule has 1 atom stereocenters. The number of carbonyl (C=O) groups is 2. The third kappa shape index (κ3) is 2.85. The van der Waals surface area contributed by atoms with Gasteiger partial charge >= 0.3 is 6.03 Å². The third-order valence-corrected chi connectivity index (χ3v) is 4.25. The Hall–Kier alpha value is -3.43. The maximum Gasteiger partial charge on any atom is 0.325 e. The molecule has 1 aliphatic rings. The molecular formula is C16H16N4O6. The van der Waals surface area contributed by atoms with Crippen LogP contribution in [0.1, 0.15) is 18.4 Å². The summed E-state index contributed by atoms with van der Waals surface area (Å²) < 4.78 is 6.56. The number of hydrogen-bond acceptors (Lipinski definition) is 6. The summed E-state index contributed by atoms with van der Waals surface area (Å²) in [6, 6.07) is 4.85. The lowest BCUT2D eigenvalue weighted by Crippen LogP contribution is -2.41. The van der Waals surface area contributed by atoms with E-state index in [9.17, 15) is 24.5 Å². The van der Waals surface area contributed by atoms with Gasteiger partial charge in [0.15, 0.2) is 5.54 Å². The minimum atomic E-state index is -1.33. The summed E-state index contributed by atoms with van der Waals surface area (Å²) >= 11 is 0. The molecule has 2 aromatic rings. The summed E-state index contributed by atoms with van der Waals surface area (Å²) in [5, 5.41) is 13.4. The van der Waals surface area contributed by atoms with Crippen LogP contribution in [0.2, 0.25) is 0 Å². The molecule has 1 N–H and O–H groups in total. The number of nitrogens with zero attached hydrogens (tertiary/aromatic N) is 3. The van der Waals surface area contributed by atoms with E-state index in [0.717, 1.165) is 27.8 Å². The summed E-state index contributed by atoms with van der Waals surface area (Å²) in [6.45, 7) is 3.08. The second-order valence-electron chi connectivity index (χ2n) is 6.10. The zero-order valence-electron chi connectivity index (χ0n) is 14.1. The van der Waals surface area contributed by atoms with E-state index in [2.05, 4.69) is 5.32 Å². The van der Waals surface area contributed by atoms with Gasteiger partial charge < -0.3 is 14.3 Å². The van der Waals surface area contributed by atoms with Crippen LogP contribution in [0.15, 0.2) is 39.7 Å². The van der Waals surface area contributed by atoms with Crippen molar-refractivity contribution in [2.75, 3.05) is 6.54 Å². The zero-order chi connectivity index (χ0) is 19.1. The Labute approximate surface area is 147 Å². The molecule has 0 aromatic carbocycles. The highest BCUT2D eigenvalue weighted by molar-refractivity contribution is 6.06. The fourth-order valence-electron chi connectivity index (χ4n) is 2.78. The summed E-state index contributed by atoms with van der Waals surface area (Å²) in [6.07, 6.45) is 1.08. The van der Waals surface area contributed by atoms with Gasteiger partial charge in [0.1, 0.15) is 11.5 Å². The van der Waals surface area contributed by atoms with Gasteiger partial charge in [0.25, 0.3) is 17.2 Å². The van der Waals surface area contributed by atoms with Crippen LogP contribution in [0, 0.1) is 17.0 Å². The number of aromatic nitrogens is 1. The number of rotatable bonds is 5. The van der Waals surface area contributed by atoms with Crippen molar-refractivity contribution in [1.82, 2.24) is 14.8 Å². The van der Waals surface area contributed by atoms with E-state index in [-0.39, 0.29) is 18.8 Å². The Bertz CT molecular complexity index is 962. The smallest absolute Gasteiger partial charge is 0.325 e. The van der Waals surface area contributed by atoms with E-state index in [1.807, 2.05) is 0 Å². The summed E-state index contributed by atoms with van der Waals surface area (Å²) in [5.74, 6) is 0.392. The number of carbonyl (C=O) groups excluding carboxylic acids is 2. The monoisotopic (exact) mass is 360 g/mol. The van der Waals surface area contributed by atoms with Crippen LogP contribution in [0.25, 0.3) is 0 Å². The average molecular weight is 360 g/mol. The first kappa shape index (κ1) is 17.4. The van der Waals surface area contributed by atoms with Crippen LogP contribution in [-0.4, -0.2) is 32.9 Å². The molecule has 0 spiro atoms. The van der Waals surface area contributed by atoms with Crippen LogP contribution in [0.4, 0.5) is 10.5 Å². The number of urea groups is 1. The number of nitrogens with one attached hydrogen (secondary N) is 1. The standard InChI is InChI=1S/C16H16N4O6/c1-10-3-5-12(26-10)16(2)14(22)19(15(23)17-16)8-7-18-9-11(20(24)25)4-6-13(18)21/h3-6,9H,7-8H2,1-2H3,(H,17,23)/t16-/m1/s1. The van der Waals surface area contributed by atoms with E-state index in [1.165, 1.54) is 6.92 Å². The Morgan fingerprint density at radius 3 is 2.54 bits per heavy atom. The molecule has 0 aliphatic carbocycles. The van der Waals surface area contributed by atoms with Gasteiger partial charge in [-0.05, 0) is 26.0 Å². The van der Waals surface area contributed by atoms with Crippen molar-refractivity contribution in [3.8, 4) is 0 Å². The number of nitro groups is 1. The lowest BCUT2D eigenvalue weighted by molar-refractivity contribution is -0.385. The van der Waals surface area contributed by atoms with Crippen molar-refractivity contribution >= 4 is 17.6 Å². The molecule has 0 unspecified atom stereocenters. The van der Waals surface area contributed by atoms with Gasteiger partial charge in [-0.2, -0.15) is 0 Å². The highest BCUT2D eigenvalue weighted by Crippen LogP contribution is 2.30. The second-order valence-corrected chi connectivity index (χ2v) is 6.10. The highest BCUT2D eigenvalue weighted by atomic mass is 16.6. The molecule has 10 heteroatoms. The van der Waals surface area contributed by atoms with Gasteiger partial charge in [-0.3, -0.25) is 24.6 Å². The van der Waals surface area contributed by atoms with E-state index >= 15 is 0 Å². The van der Waals surface area contributed by atoms with Gasteiger partial charge in [-0.1, -0.05) is 0 Å².